The van der Waals surface area contributed by atoms with Crippen LogP contribution in [-0.2, 0) is 4.79 Å². The summed E-state index contributed by atoms with van der Waals surface area (Å²) >= 11 is 0. The van der Waals surface area contributed by atoms with E-state index in [1.807, 2.05) is 4.90 Å². The molecule has 1 aliphatic carbocycles. The number of carbonyl (C=O) groups is 1. The van der Waals surface area contributed by atoms with Crippen LogP contribution in [0.4, 0.5) is 0 Å². The van der Waals surface area contributed by atoms with E-state index in [1.54, 1.807) is 13.0 Å². The molecule has 3 rings (SSSR count). The smallest absolute Gasteiger partial charge is 0.250 e. The first-order chi connectivity index (χ1) is 10.1. The molecule has 2 aliphatic rings. The molecule has 1 aliphatic heterocycles. The summed E-state index contributed by atoms with van der Waals surface area (Å²) in [6.07, 6.45) is 5.64. The van der Waals surface area contributed by atoms with Crippen molar-refractivity contribution in [2.24, 2.45) is 0 Å². The van der Waals surface area contributed by atoms with E-state index in [0.717, 1.165) is 44.5 Å². The van der Waals surface area contributed by atoms with Gasteiger partial charge in [0.15, 0.2) is 0 Å². The Morgan fingerprint density at radius 1 is 1.33 bits per heavy atom. The summed E-state index contributed by atoms with van der Waals surface area (Å²) in [5.74, 6) is 0.583. The molecule has 6 nitrogen and oxygen atoms in total. The van der Waals surface area contributed by atoms with Crippen LogP contribution in [0.5, 0.6) is 0 Å². The van der Waals surface area contributed by atoms with Crippen LogP contribution in [0.1, 0.15) is 44.2 Å². The minimum absolute atomic E-state index is 0.0759. The number of likely N-dealkylation sites (tertiary alicyclic amines) is 1. The third-order valence-electron chi connectivity index (χ3n) is 4.67. The van der Waals surface area contributed by atoms with E-state index >= 15 is 0 Å². The maximum Gasteiger partial charge on any atom is 0.250 e. The average molecular weight is 290 g/mol. The van der Waals surface area contributed by atoms with E-state index in [0.29, 0.717) is 18.0 Å². The molecule has 2 heterocycles. The highest BCUT2D eigenvalue weighted by atomic mass is 16.2. The molecule has 6 heteroatoms. The van der Waals surface area contributed by atoms with E-state index in [2.05, 4.69) is 15.3 Å². The third kappa shape index (κ3) is 3.32. The van der Waals surface area contributed by atoms with Crippen LogP contribution in [-0.4, -0.2) is 45.9 Å². The predicted octanol–water partition coefficient (Wildman–Crippen LogP) is 0.616. The Hall–Kier alpha value is -1.69. The van der Waals surface area contributed by atoms with Gasteiger partial charge in [-0.1, -0.05) is 0 Å². The van der Waals surface area contributed by atoms with Gasteiger partial charge in [-0.15, -0.1) is 0 Å². The molecule has 0 aromatic carbocycles. The third-order valence-corrected chi connectivity index (χ3v) is 4.67. The Morgan fingerprint density at radius 2 is 2.05 bits per heavy atom. The van der Waals surface area contributed by atoms with Gasteiger partial charge in [-0.25, -0.2) is 4.98 Å². The summed E-state index contributed by atoms with van der Waals surface area (Å²) in [5, 5.41) is 3.68. The second-order valence-corrected chi connectivity index (χ2v) is 6.15. The number of carbonyl (C=O) groups excluding carboxylic acids is 1. The van der Waals surface area contributed by atoms with Crippen LogP contribution in [0.2, 0.25) is 0 Å². The second kappa shape index (κ2) is 5.97. The van der Waals surface area contributed by atoms with Gasteiger partial charge in [0.1, 0.15) is 0 Å². The lowest BCUT2D eigenvalue weighted by molar-refractivity contribution is -0.129. The fourth-order valence-corrected chi connectivity index (χ4v) is 3.30. The van der Waals surface area contributed by atoms with Crippen molar-refractivity contribution in [3.8, 4) is 0 Å². The maximum atomic E-state index is 11.3. The summed E-state index contributed by atoms with van der Waals surface area (Å²) in [4.78, 5) is 31.3. The van der Waals surface area contributed by atoms with Crippen LogP contribution >= 0.6 is 0 Å². The van der Waals surface area contributed by atoms with Gasteiger partial charge < -0.3 is 15.2 Å². The van der Waals surface area contributed by atoms with Crippen LogP contribution in [0.3, 0.4) is 0 Å². The van der Waals surface area contributed by atoms with Gasteiger partial charge in [-0.3, -0.25) is 9.59 Å². The van der Waals surface area contributed by atoms with Gasteiger partial charge in [-0.05, 0) is 25.7 Å². The molecule has 1 aromatic rings. The molecule has 0 bridgehead atoms. The Morgan fingerprint density at radius 3 is 2.67 bits per heavy atom. The Labute approximate surface area is 124 Å². The van der Waals surface area contributed by atoms with Crippen molar-refractivity contribution in [3.05, 3.63) is 28.4 Å². The average Bonchev–Trinajstić information content (AvgIpc) is 2.43. The van der Waals surface area contributed by atoms with Crippen molar-refractivity contribution >= 4 is 5.91 Å². The van der Waals surface area contributed by atoms with Crippen molar-refractivity contribution in [1.82, 2.24) is 20.2 Å². The fraction of sp³-hybridized carbons (Fsp3) is 0.667. The zero-order chi connectivity index (χ0) is 14.8. The molecule has 114 valence electrons. The van der Waals surface area contributed by atoms with Gasteiger partial charge >= 0.3 is 0 Å². The molecular formula is C15H22N4O2. The quantitative estimate of drug-likeness (QED) is 0.855. The minimum atomic E-state index is -0.0759. The first kappa shape index (κ1) is 14.3. The summed E-state index contributed by atoms with van der Waals surface area (Å²) in [7, 11) is 0. The number of aromatic nitrogens is 2. The SMILES string of the molecule is CC(=O)N1CCC(NC2CC(c3cc(=O)[nH]cn3)C2)CC1. The lowest BCUT2D eigenvalue weighted by Gasteiger charge is -2.40. The Kier molecular flexibility index (Phi) is 4.05. The van der Waals surface area contributed by atoms with Gasteiger partial charge in [0.2, 0.25) is 5.91 Å². The topological polar surface area (TPSA) is 78.1 Å². The normalized spacial score (nSPS) is 26.4. The Balaban J connectivity index is 1.43. The molecule has 2 fully saturated rings. The van der Waals surface area contributed by atoms with E-state index in [9.17, 15) is 9.59 Å². The first-order valence-electron chi connectivity index (χ1n) is 7.68. The number of piperidine rings is 1. The lowest BCUT2D eigenvalue weighted by Crippen LogP contribution is -2.50. The number of nitrogens with one attached hydrogen (secondary N) is 2. The zero-order valence-corrected chi connectivity index (χ0v) is 12.3. The summed E-state index contributed by atoms with van der Waals surface area (Å²) in [6.45, 7) is 3.36. The van der Waals surface area contributed by atoms with Crippen molar-refractivity contribution in [2.75, 3.05) is 13.1 Å². The largest absolute Gasteiger partial charge is 0.343 e. The number of hydrogen-bond acceptors (Lipinski definition) is 4. The monoisotopic (exact) mass is 290 g/mol. The van der Waals surface area contributed by atoms with Gasteiger partial charge in [0.05, 0.1) is 12.0 Å². The summed E-state index contributed by atoms with van der Waals surface area (Å²) in [5.41, 5.74) is 0.830. The molecule has 0 spiro atoms. The van der Waals surface area contributed by atoms with Crippen molar-refractivity contribution < 1.29 is 4.79 Å². The standard InChI is InChI=1S/C15H22N4O2/c1-10(20)19-4-2-12(3-5-19)18-13-6-11(7-13)14-8-15(21)17-9-16-14/h8-9,11-13,18H,2-7H2,1H3,(H,16,17,21). The number of amides is 1. The summed E-state index contributed by atoms with van der Waals surface area (Å²) in [6, 6.07) is 2.63. The van der Waals surface area contributed by atoms with Crippen molar-refractivity contribution in [2.45, 2.75) is 50.6 Å². The molecule has 0 radical (unpaired) electrons. The van der Waals surface area contributed by atoms with Crippen LogP contribution < -0.4 is 10.9 Å². The van der Waals surface area contributed by atoms with E-state index in [-0.39, 0.29) is 11.5 Å². The fourth-order valence-electron chi connectivity index (χ4n) is 3.30. The number of H-pyrrole nitrogens is 1. The second-order valence-electron chi connectivity index (χ2n) is 6.15. The predicted molar refractivity (Wildman–Crippen MR) is 79.0 cm³/mol. The highest BCUT2D eigenvalue weighted by Crippen LogP contribution is 2.35. The number of rotatable bonds is 3. The van der Waals surface area contributed by atoms with E-state index in [1.165, 1.54) is 6.33 Å². The highest BCUT2D eigenvalue weighted by Gasteiger charge is 2.33. The maximum absolute atomic E-state index is 11.3. The van der Waals surface area contributed by atoms with Crippen LogP contribution in [0.15, 0.2) is 17.2 Å². The zero-order valence-electron chi connectivity index (χ0n) is 12.3. The van der Waals surface area contributed by atoms with Crippen molar-refractivity contribution in [1.29, 1.82) is 0 Å². The van der Waals surface area contributed by atoms with Crippen LogP contribution in [0, 0.1) is 0 Å². The Bertz CT molecular complexity index is 557. The van der Waals surface area contributed by atoms with Gasteiger partial charge in [0.25, 0.3) is 5.56 Å². The van der Waals surface area contributed by atoms with Crippen molar-refractivity contribution in [3.63, 3.8) is 0 Å². The van der Waals surface area contributed by atoms with E-state index < -0.39 is 0 Å². The van der Waals surface area contributed by atoms with Gasteiger partial charge in [-0.2, -0.15) is 0 Å². The molecule has 0 unspecified atom stereocenters. The molecule has 1 saturated carbocycles. The molecule has 2 N–H and O–H groups in total. The number of aromatic amines is 1. The highest BCUT2D eigenvalue weighted by molar-refractivity contribution is 5.73. The number of hydrogen-bond donors (Lipinski definition) is 2. The molecule has 0 atom stereocenters. The van der Waals surface area contributed by atoms with Gasteiger partial charge in [0, 0.05) is 44.1 Å². The molecule has 1 amide bonds. The molecule has 21 heavy (non-hydrogen) atoms. The number of nitrogens with zero attached hydrogens (tertiary/aromatic N) is 2. The minimum Gasteiger partial charge on any atom is -0.343 e. The molecular weight excluding hydrogens is 268 g/mol. The van der Waals surface area contributed by atoms with Crippen LogP contribution in [0.25, 0.3) is 0 Å². The first-order valence-corrected chi connectivity index (χ1v) is 7.68. The lowest BCUT2D eigenvalue weighted by atomic mass is 9.77. The molecule has 1 saturated heterocycles. The van der Waals surface area contributed by atoms with E-state index in [4.69, 9.17) is 0 Å². The summed E-state index contributed by atoms with van der Waals surface area (Å²) < 4.78 is 0. The molecule has 1 aromatic heterocycles.